The summed E-state index contributed by atoms with van der Waals surface area (Å²) in [5.41, 5.74) is 1.25. The van der Waals surface area contributed by atoms with Crippen molar-refractivity contribution in [1.29, 1.82) is 0 Å². The van der Waals surface area contributed by atoms with E-state index >= 15 is 0 Å². The molecular formula is C12H14BrN. The SMILES string of the molecule is C#CC(Cc1cccc(Br)c1)NCC. The third kappa shape index (κ3) is 3.53. The molecule has 1 unspecified atom stereocenters. The van der Waals surface area contributed by atoms with Gasteiger partial charge in [0.15, 0.2) is 0 Å². The molecule has 0 aromatic heterocycles. The van der Waals surface area contributed by atoms with E-state index in [2.05, 4.69) is 46.2 Å². The van der Waals surface area contributed by atoms with Crippen molar-refractivity contribution in [2.24, 2.45) is 0 Å². The predicted molar refractivity (Wildman–Crippen MR) is 64.1 cm³/mol. The maximum Gasteiger partial charge on any atom is 0.0727 e. The topological polar surface area (TPSA) is 12.0 Å². The fraction of sp³-hybridized carbons (Fsp3) is 0.333. The van der Waals surface area contributed by atoms with Gasteiger partial charge in [-0.05, 0) is 30.7 Å². The number of hydrogen-bond donors (Lipinski definition) is 1. The minimum atomic E-state index is 0.134. The molecule has 1 atom stereocenters. The van der Waals surface area contributed by atoms with Crippen molar-refractivity contribution in [3.63, 3.8) is 0 Å². The first-order chi connectivity index (χ1) is 6.76. The molecule has 0 heterocycles. The highest BCUT2D eigenvalue weighted by Gasteiger charge is 2.03. The summed E-state index contributed by atoms with van der Waals surface area (Å²) in [7, 11) is 0. The lowest BCUT2D eigenvalue weighted by atomic mass is 10.1. The second-order valence-electron chi connectivity index (χ2n) is 3.11. The average molecular weight is 252 g/mol. The van der Waals surface area contributed by atoms with E-state index in [-0.39, 0.29) is 6.04 Å². The van der Waals surface area contributed by atoms with Gasteiger partial charge >= 0.3 is 0 Å². The van der Waals surface area contributed by atoms with Gasteiger partial charge in [0, 0.05) is 4.47 Å². The Bertz CT molecular complexity index is 327. The van der Waals surface area contributed by atoms with E-state index in [0.29, 0.717) is 0 Å². The number of nitrogens with one attached hydrogen (secondary N) is 1. The van der Waals surface area contributed by atoms with Crippen molar-refractivity contribution in [1.82, 2.24) is 5.32 Å². The van der Waals surface area contributed by atoms with Crippen molar-refractivity contribution in [2.75, 3.05) is 6.54 Å². The van der Waals surface area contributed by atoms with Crippen LogP contribution in [0, 0.1) is 12.3 Å². The van der Waals surface area contributed by atoms with Gasteiger partial charge in [0.25, 0.3) is 0 Å². The van der Waals surface area contributed by atoms with E-state index in [9.17, 15) is 0 Å². The monoisotopic (exact) mass is 251 g/mol. The highest BCUT2D eigenvalue weighted by molar-refractivity contribution is 9.10. The Balaban J connectivity index is 2.63. The zero-order valence-corrected chi connectivity index (χ0v) is 9.84. The number of hydrogen-bond acceptors (Lipinski definition) is 1. The van der Waals surface area contributed by atoms with Gasteiger partial charge in [0.05, 0.1) is 6.04 Å². The highest BCUT2D eigenvalue weighted by Crippen LogP contribution is 2.12. The van der Waals surface area contributed by atoms with E-state index in [0.717, 1.165) is 17.4 Å². The summed E-state index contributed by atoms with van der Waals surface area (Å²) < 4.78 is 1.10. The van der Waals surface area contributed by atoms with Gasteiger partial charge in [0.2, 0.25) is 0 Å². The molecule has 1 nitrogen and oxygen atoms in total. The zero-order chi connectivity index (χ0) is 10.4. The van der Waals surface area contributed by atoms with Crippen LogP contribution in [0.25, 0.3) is 0 Å². The van der Waals surface area contributed by atoms with Crippen LogP contribution in [0.3, 0.4) is 0 Å². The summed E-state index contributed by atoms with van der Waals surface area (Å²) in [4.78, 5) is 0. The minimum absolute atomic E-state index is 0.134. The van der Waals surface area contributed by atoms with Crippen LogP contribution in [0.15, 0.2) is 28.7 Å². The largest absolute Gasteiger partial charge is 0.304 e. The molecule has 0 radical (unpaired) electrons. The highest BCUT2D eigenvalue weighted by atomic mass is 79.9. The summed E-state index contributed by atoms with van der Waals surface area (Å²) >= 11 is 3.44. The molecule has 0 bridgehead atoms. The number of halogens is 1. The first kappa shape index (κ1) is 11.3. The van der Waals surface area contributed by atoms with Gasteiger partial charge < -0.3 is 5.32 Å². The van der Waals surface area contributed by atoms with Gasteiger partial charge in [-0.1, -0.05) is 40.9 Å². The van der Waals surface area contributed by atoms with Crippen LogP contribution in [0.5, 0.6) is 0 Å². The van der Waals surface area contributed by atoms with Crippen LogP contribution in [-0.4, -0.2) is 12.6 Å². The summed E-state index contributed by atoms with van der Waals surface area (Å²) in [5.74, 6) is 2.74. The Hall–Kier alpha value is -0.780. The van der Waals surface area contributed by atoms with Crippen LogP contribution in [0.1, 0.15) is 12.5 Å². The fourth-order valence-corrected chi connectivity index (χ4v) is 1.78. The van der Waals surface area contributed by atoms with E-state index in [4.69, 9.17) is 6.42 Å². The molecule has 0 aliphatic carbocycles. The second-order valence-corrected chi connectivity index (χ2v) is 4.03. The molecule has 14 heavy (non-hydrogen) atoms. The molecule has 0 fully saturated rings. The standard InChI is InChI=1S/C12H14BrN/c1-3-12(14-4-2)9-10-6-5-7-11(13)8-10/h1,5-8,12,14H,4,9H2,2H3. The van der Waals surface area contributed by atoms with E-state index < -0.39 is 0 Å². The number of rotatable bonds is 4. The van der Waals surface area contributed by atoms with Gasteiger partial charge in [-0.3, -0.25) is 0 Å². The van der Waals surface area contributed by atoms with Gasteiger partial charge in [0.1, 0.15) is 0 Å². The molecule has 1 aromatic rings. The molecule has 0 saturated heterocycles. The third-order valence-electron chi connectivity index (χ3n) is 1.98. The lowest BCUT2D eigenvalue weighted by Crippen LogP contribution is -2.29. The maximum absolute atomic E-state index is 5.42. The Kier molecular flexibility index (Phi) is 4.72. The summed E-state index contributed by atoms with van der Waals surface area (Å²) in [6, 6.07) is 8.36. The Morgan fingerprint density at radius 3 is 2.93 bits per heavy atom. The maximum atomic E-state index is 5.42. The Labute approximate surface area is 94.0 Å². The summed E-state index contributed by atoms with van der Waals surface area (Å²) in [6.45, 7) is 2.97. The number of terminal acetylenes is 1. The molecular weight excluding hydrogens is 238 g/mol. The van der Waals surface area contributed by atoms with Crippen molar-refractivity contribution in [3.8, 4) is 12.3 Å². The van der Waals surface area contributed by atoms with Crippen LogP contribution in [-0.2, 0) is 6.42 Å². The fourth-order valence-electron chi connectivity index (χ4n) is 1.34. The second kappa shape index (κ2) is 5.85. The zero-order valence-electron chi connectivity index (χ0n) is 8.26. The van der Waals surface area contributed by atoms with Gasteiger partial charge in [-0.15, -0.1) is 6.42 Å². The molecule has 1 N–H and O–H groups in total. The Morgan fingerprint density at radius 1 is 1.57 bits per heavy atom. The summed E-state index contributed by atoms with van der Waals surface area (Å²) in [5, 5.41) is 3.25. The molecule has 1 aromatic carbocycles. The quantitative estimate of drug-likeness (QED) is 0.812. The first-order valence-electron chi connectivity index (χ1n) is 4.70. The lowest BCUT2D eigenvalue weighted by Gasteiger charge is -2.11. The van der Waals surface area contributed by atoms with E-state index in [1.807, 2.05) is 12.1 Å². The molecule has 2 heteroatoms. The van der Waals surface area contributed by atoms with Crippen molar-refractivity contribution in [3.05, 3.63) is 34.3 Å². The van der Waals surface area contributed by atoms with Crippen molar-refractivity contribution in [2.45, 2.75) is 19.4 Å². The Morgan fingerprint density at radius 2 is 2.36 bits per heavy atom. The molecule has 0 amide bonds. The molecule has 1 rings (SSSR count). The smallest absolute Gasteiger partial charge is 0.0727 e. The molecule has 0 aliphatic heterocycles. The number of likely N-dealkylation sites (N-methyl/N-ethyl adjacent to an activating group) is 1. The van der Waals surface area contributed by atoms with E-state index in [1.165, 1.54) is 5.56 Å². The van der Waals surface area contributed by atoms with Crippen LogP contribution in [0.2, 0.25) is 0 Å². The van der Waals surface area contributed by atoms with Crippen LogP contribution >= 0.6 is 15.9 Å². The normalized spacial score (nSPS) is 12.1. The molecule has 0 spiro atoms. The minimum Gasteiger partial charge on any atom is -0.304 e. The first-order valence-corrected chi connectivity index (χ1v) is 5.49. The van der Waals surface area contributed by atoms with Crippen LogP contribution < -0.4 is 5.32 Å². The van der Waals surface area contributed by atoms with Crippen molar-refractivity contribution >= 4 is 15.9 Å². The lowest BCUT2D eigenvalue weighted by molar-refractivity contribution is 0.628. The predicted octanol–water partition coefficient (Wildman–Crippen LogP) is 2.60. The van der Waals surface area contributed by atoms with Crippen molar-refractivity contribution < 1.29 is 0 Å². The third-order valence-corrected chi connectivity index (χ3v) is 2.47. The molecule has 0 saturated carbocycles. The molecule has 74 valence electrons. The summed E-state index contributed by atoms with van der Waals surface area (Å²) in [6.07, 6.45) is 6.30. The van der Waals surface area contributed by atoms with Gasteiger partial charge in [-0.2, -0.15) is 0 Å². The van der Waals surface area contributed by atoms with Crippen LogP contribution in [0.4, 0.5) is 0 Å². The van der Waals surface area contributed by atoms with E-state index in [1.54, 1.807) is 0 Å². The number of benzene rings is 1. The molecule has 0 aliphatic rings. The van der Waals surface area contributed by atoms with Gasteiger partial charge in [-0.25, -0.2) is 0 Å². The average Bonchev–Trinajstić information content (AvgIpc) is 2.17.